The third-order valence-electron chi connectivity index (χ3n) is 3.27. The molecule has 2 atom stereocenters. The molecule has 0 aromatic carbocycles. The molecular weight excluding hydrogens is 234 g/mol. The molecule has 2 unspecified atom stereocenters. The fourth-order valence-corrected chi connectivity index (χ4v) is 2.06. The van der Waals surface area contributed by atoms with Crippen LogP contribution in [0, 0.1) is 11.3 Å². The minimum absolute atomic E-state index is 0.0160. The highest BCUT2D eigenvalue weighted by Gasteiger charge is 2.40. The van der Waals surface area contributed by atoms with Crippen LogP contribution in [-0.4, -0.2) is 41.3 Å². The number of ether oxygens (including phenoxy) is 1. The van der Waals surface area contributed by atoms with E-state index in [9.17, 15) is 9.59 Å². The Labute approximate surface area is 108 Å². The topological polar surface area (TPSA) is 66.8 Å². The average Bonchev–Trinajstić information content (AvgIpc) is 2.58. The van der Waals surface area contributed by atoms with Gasteiger partial charge in [-0.1, -0.05) is 27.7 Å². The standard InChI is InChI=1S/C13H23NO4/c1-9-5-7-14(10(9)11(15)16)12(17)18-8-6-13(2,3)4/h9-10H,5-8H2,1-4H3,(H,15,16). The zero-order chi connectivity index (χ0) is 13.9. The Morgan fingerprint density at radius 2 is 2.00 bits per heavy atom. The zero-order valence-electron chi connectivity index (χ0n) is 11.6. The Balaban J connectivity index is 2.49. The highest BCUT2D eigenvalue weighted by molar-refractivity contribution is 5.81. The van der Waals surface area contributed by atoms with Gasteiger partial charge in [0.15, 0.2) is 0 Å². The van der Waals surface area contributed by atoms with Gasteiger partial charge in [-0.05, 0) is 24.2 Å². The normalized spacial score (nSPS) is 24.1. The molecule has 0 aromatic rings. The van der Waals surface area contributed by atoms with E-state index in [1.54, 1.807) is 0 Å². The van der Waals surface area contributed by atoms with E-state index < -0.39 is 18.1 Å². The smallest absolute Gasteiger partial charge is 0.410 e. The monoisotopic (exact) mass is 257 g/mol. The molecule has 0 bridgehead atoms. The summed E-state index contributed by atoms with van der Waals surface area (Å²) in [6.07, 6.45) is 0.974. The summed E-state index contributed by atoms with van der Waals surface area (Å²) < 4.78 is 5.15. The molecule has 1 aliphatic heterocycles. The summed E-state index contributed by atoms with van der Waals surface area (Å²) in [5.41, 5.74) is 0.102. The predicted octanol–water partition coefficient (Wildman–Crippen LogP) is 2.35. The Bertz CT molecular complexity index is 321. The summed E-state index contributed by atoms with van der Waals surface area (Å²) in [6.45, 7) is 8.85. The molecule has 0 aromatic heterocycles. The highest BCUT2D eigenvalue weighted by Crippen LogP contribution is 2.25. The van der Waals surface area contributed by atoms with Crippen LogP contribution in [0.2, 0.25) is 0 Å². The molecule has 0 spiro atoms. The number of carboxylic acid groups (broad SMARTS) is 1. The van der Waals surface area contributed by atoms with Crippen LogP contribution in [0.4, 0.5) is 4.79 Å². The molecule has 18 heavy (non-hydrogen) atoms. The van der Waals surface area contributed by atoms with Gasteiger partial charge in [-0.3, -0.25) is 4.90 Å². The lowest BCUT2D eigenvalue weighted by Gasteiger charge is -2.24. The van der Waals surface area contributed by atoms with E-state index in [-0.39, 0.29) is 11.3 Å². The number of nitrogens with zero attached hydrogens (tertiary/aromatic N) is 1. The Morgan fingerprint density at radius 3 is 2.50 bits per heavy atom. The van der Waals surface area contributed by atoms with Crippen molar-refractivity contribution in [2.45, 2.75) is 46.6 Å². The lowest BCUT2D eigenvalue weighted by Crippen LogP contribution is -2.43. The molecule has 1 heterocycles. The van der Waals surface area contributed by atoms with Crippen LogP contribution >= 0.6 is 0 Å². The van der Waals surface area contributed by atoms with E-state index in [4.69, 9.17) is 9.84 Å². The number of likely N-dealkylation sites (tertiary alicyclic amines) is 1. The first-order valence-corrected chi connectivity index (χ1v) is 6.38. The molecule has 1 fully saturated rings. The lowest BCUT2D eigenvalue weighted by molar-refractivity contribution is -0.142. The number of rotatable bonds is 3. The molecule has 1 rings (SSSR count). The van der Waals surface area contributed by atoms with Crippen LogP contribution in [0.15, 0.2) is 0 Å². The zero-order valence-corrected chi connectivity index (χ0v) is 11.6. The third kappa shape index (κ3) is 3.89. The Hall–Kier alpha value is -1.26. The molecule has 5 heteroatoms. The van der Waals surface area contributed by atoms with Crippen molar-refractivity contribution >= 4 is 12.1 Å². The van der Waals surface area contributed by atoms with Crippen molar-refractivity contribution in [2.75, 3.05) is 13.2 Å². The molecule has 5 nitrogen and oxygen atoms in total. The van der Waals surface area contributed by atoms with Crippen molar-refractivity contribution in [3.05, 3.63) is 0 Å². The Kier molecular flexibility index (Phi) is 4.59. The maximum atomic E-state index is 11.8. The van der Waals surface area contributed by atoms with Gasteiger partial charge >= 0.3 is 12.1 Å². The van der Waals surface area contributed by atoms with E-state index in [1.165, 1.54) is 4.90 Å². The lowest BCUT2D eigenvalue weighted by atomic mass is 9.93. The number of hydrogen-bond donors (Lipinski definition) is 1. The van der Waals surface area contributed by atoms with Gasteiger partial charge in [0.2, 0.25) is 0 Å². The van der Waals surface area contributed by atoms with Crippen molar-refractivity contribution in [1.82, 2.24) is 4.90 Å². The molecule has 1 N–H and O–H groups in total. The first-order chi connectivity index (χ1) is 8.22. The van der Waals surface area contributed by atoms with Gasteiger partial charge in [0, 0.05) is 6.54 Å². The summed E-state index contributed by atoms with van der Waals surface area (Å²) >= 11 is 0. The molecule has 1 aliphatic rings. The van der Waals surface area contributed by atoms with Crippen LogP contribution in [0.1, 0.15) is 40.5 Å². The number of carboxylic acids is 1. The fourth-order valence-electron chi connectivity index (χ4n) is 2.06. The molecule has 0 aliphatic carbocycles. The fraction of sp³-hybridized carbons (Fsp3) is 0.846. The third-order valence-corrected chi connectivity index (χ3v) is 3.27. The van der Waals surface area contributed by atoms with E-state index in [1.807, 2.05) is 6.92 Å². The van der Waals surface area contributed by atoms with Crippen LogP contribution in [-0.2, 0) is 9.53 Å². The van der Waals surface area contributed by atoms with E-state index in [2.05, 4.69) is 20.8 Å². The number of amides is 1. The van der Waals surface area contributed by atoms with Crippen LogP contribution in [0.25, 0.3) is 0 Å². The maximum absolute atomic E-state index is 11.8. The van der Waals surface area contributed by atoms with Crippen molar-refractivity contribution in [3.8, 4) is 0 Å². The highest BCUT2D eigenvalue weighted by atomic mass is 16.6. The van der Waals surface area contributed by atoms with Gasteiger partial charge in [-0.2, -0.15) is 0 Å². The van der Waals surface area contributed by atoms with Crippen molar-refractivity contribution in [1.29, 1.82) is 0 Å². The van der Waals surface area contributed by atoms with Crippen LogP contribution < -0.4 is 0 Å². The molecule has 104 valence electrons. The van der Waals surface area contributed by atoms with Gasteiger partial charge in [0.05, 0.1) is 6.61 Å². The first-order valence-electron chi connectivity index (χ1n) is 6.38. The van der Waals surface area contributed by atoms with Crippen molar-refractivity contribution in [2.24, 2.45) is 11.3 Å². The van der Waals surface area contributed by atoms with Gasteiger partial charge in [0.1, 0.15) is 6.04 Å². The van der Waals surface area contributed by atoms with Crippen LogP contribution in [0.3, 0.4) is 0 Å². The largest absolute Gasteiger partial charge is 0.480 e. The van der Waals surface area contributed by atoms with Crippen molar-refractivity contribution in [3.63, 3.8) is 0 Å². The van der Waals surface area contributed by atoms with Gasteiger partial charge < -0.3 is 9.84 Å². The van der Waals surface area contributed by atoms with Gasteiger partial charge in [-0.15, -0.1) is 0 Å². The summed E-state index contributed by atoms with van der Waals surface area (Å²) in [6, 6.07) is -0.743. The summed E-state index contributed by atoms with van der Waals surface area (Å²) in [5, 5.41) is 9.11. The quantitative estimate of drug-likeness (QED) is 0.842. The second-order valence-electron chi connectivity index (χ2n) is 6.17. The number of carbonyl (C=O) groups is 2. The predicted molar refractivity (Wildman–Crippen MR) is 67.3 cm³/mol. The minimum atomic E-state index is -0.951. The second-order valence-corrected chi connectivity index (χ2v) is 6.17. The molecule has 0 radical (unpaired) electrons. The van der Waals surface area contributed by atoms with Crippen LogP contribution in [0.5, 0.6) is 0 Å². The average molecular weight is 257 g/mol. The second kappa shape index (κ2) is 5.59. The van der Waals surface area contributed by atoms with E-state index in [0.717, 1.165) is 6.42 Å². The molecule has 1 amide bonds. The Morgan fingerprint density at radius 1 is 1.39 bits per heavy atom. The number of aliphatic carboxylic acids is 1. The summed E-state index contributed by atoms with van der Waals surface area (Å²) in [5.74, 6) is -0.967. The van der Waals surface area contributed by atoms with Gasteiger partial charge in [0.25, 0.3) is 0 Å². The van der Waals surface area contributed by atoms with E-state index >= 15 is 0 Å². The SMILES string of the molecule is CC1CCN(C(=O)OCCC(C)(C)C)C1C(=O)O. The van der Waals surface area contributed by atoms with E-state index in [0.29, 0.717) is 19.6 Å². The number of hydrogen-bond acceptors (Lipinski definition) is 3. The molecule has 0 saturated carbocycles. The maximum Gasteiger partial charge on any atom is 0.410 e. The number of carbonyl (C=O) groups excluding carboxylic acids is 1. The molecule has 1 saturated heterocycles. The minimum Gasteiger partial charge on any atom is -0.480 e. The van der Waals surface area contributed by atoms with Crippen molar-refractivity contribution < 1.29 is 19.4 Å². The van der Waals surface area contributed by atoms with Gasteiger partial charge in [-0.25, -0.2) is 9.59 Å². The molecular formula is C13H23NO4. The summed E-state index contributed by atoms with van der Waals surface area (Å²) in [7, 11) is 0. The first kappa shape index (κ1) is 14.8. The summed E-state index contributed by atoms with van der Waals surface area (Å²) in [4.78, 5) is 24.3.